The fourth-order valence-electron chi connectivity index (χ4n) is 1.29. The highest BCUT2D eigenvalue weighted by atomic mass is 32.1. The Kier molecular flexibility index (Phi) is 1.96. The van der Waals surface area contributed by atoms with Gasteiger partial charge in [-0.1, -0.05) is 11.3 Å². The molecule has 0 radical (unpaired) electrons. The number of hydrogen-bond donors (Lipinski definition) is 1. The van der Waals surface area contributed by atoms with Crippen LogP contribution in [0, 0.1) is 6.92 Å². The van der Waals surface area contributed by atoms with E-state index in [0.29, 0.717) is 0 Å². The third-order valence-corrected chi connectivity index (χ3v) is 2.92. The Bertz CT molecular complexity index is 310. The molecule has 1 aromatic rings. The summed E-state index contributed by atoms with van der Waals surface area (Å²) in [6.07, 6.45) is 0. The second-order valence-corrected chi connectivity index (χ2v) is 4.43. The molecule has 2 heterocycles. The van der Waals surface area contributed by atoms with Crippen molar-refractivity contribution < 1.29 is 9.50 Å². The Morgan fingerprint density at radius 2 is 2.31 bits per heavy atom. The lowest BCUT2D eigenvalue weighted by Gasteiger charge is -2.42. The summed E-state index contributed by atoms with van der Waals surface area (Å²) in [6, 6.07) is 0. The van der Waals surface area contributed by atoms with Crippen LogP contribution in [0.3, 0.4) is 0 Å². The van der Waals surface area contributed by atoms with Crippen LogP contribution in [0.4, 0.5) is 9.52 Å². The zero-order valence-corrected chi connectivity index (χ0v) is 8.01. The van der Waals surface area contributed by atoms with Crippen molar-refractivity contribution in [2.45, 2.75) is 12.6 Å². The van der Waals surface area contributed by atoms with Crippen LogP contribution in [0.2, 0.25) is 0 Å². The Morgan fingerprint density at radius 3 is 2.77 bits per heavy atom. The second kappa shape index (κ2) is 2.88. The Labute approximate surface area is 79.0 Å². The van der Waals surface area contributed by atoms with E-state index in [9.17, 15) is 4.39 Å². The minimum Gasteiger partial charge on any atom is -0.393 e. The van der Waals surface area contributed by atoms with Crippen molar-refractivity contribution in [3.63, 3.8) is 0 Å². The van der Waals surface area contributed by atoms with Gasteiger partial charge in [-0.3, -0.25) is 0 Å². The summed E-state index contributed by atoms with van der Waals surface area (Å²) in [6.45, 7) is 1.88. The van der Waals surface area contributed by atoms with Gasteiger partial charge in [0, 0.05) is 0 Å². The van der Waals surface area contributed by atoms with E-state index in [1.807, 2.05) is 6.92 Å². The molecule has 1 fully saturated rings. The van der Waals surface area contributed by atoms with E-state index in [2.05, 4.69) is 10.2 Å². The summed E-state index contributed by atoms with van der Waals surface area (Å²) in [5, 5.41) is 18.0. The minimum atomic E-state index is -1.43. The first-order chi connectivity index (χ1) is 6.13. The van der Waals surface area contributed by atoms with E-state index in [4.69, 9.17) is 5.11 Å². The van der Waals surface area contributed by atoms with E-state index in [1.54, 1.807) is 4.90 Å². The first-order valence-electron chi connectivity index (χ1n) is 3.98. The van der Waals surface area contributed by atoms with E-state index >= 15 is 0 Å². The lowest BCUT2D eigenvalue weighted by atomic mass is 9.99. The predicted molar refractivity (Wildman–Crippen MR) is 47.8 cm³/mol. The van der Waals surface area contributed by atoms with Crippen LogP contribution < -0.4 is 4.90 Å². The first-order valence-corrected chi connectivity index (χ1v) is 4.79. The van der Waals surface area contributed by atoms with Crippen LogP contribution in [0.15, 0.2) is 0 Å². The molecule has 13 heavy (non-hydrogen) atoms. The van der Waals surface area contributed by atoms with Crippen LogP contribution in [0.25, 0.3) is 0 Å². The van der Waals surface area contributed by atoms with Crippen LogP contribution >= 0.6 is 11.3 Å². The summed E-state index contributed by atoms with van der Waals surface area (Å²) >= 11 is 1.44. The molecule has 1 N–H and O–H groups in total. The van der Waals surface area contributed by atoms with Gasteiger partial charge in [0.05, 0.1) is 19.7 Å². The molecule has 0 aliphatic carbocycles. The molecule has 0 saturated carbocycles. The predicted octanol–water partition coefficient (Wildman–Crippen LogP) is 0.367. The van der Waals surface area contributed by atoms with Gasteiger partial charge in [-0.15, -0.1) is 10.2 Å². The van der Waals surface area contributed by atoms with Crippen LogP contribution in [0.1, 0.15) is 5.01 Å². The maximum atomic E-state index is 13.2. The van der Waals surface area contributed by atoms with E-state index in [0.717, 1.165) is 10.1 Å². The fourth-order valence-corrected chi connectivity index (χ4v) is 1.97. The van der Waals surface area contributed by atoms with E-state index in [-0.39, 0.29) is 13.1 Å². The average Bonchev–Trinajstić information content (AvgIpc) is 2.46. The third kappa shape index (κ3) is 1.51. The maximum Gasteiger partial charge on any atom is 0.208 e. The molecule has 6 heteroatoms. The lowest BCUT2D eigenvalue weighted by molar-refractivity contribution is 0.0444. The highest BCUT2D eigenvalue weighted by molar-refractivity contribution is 7.15. The van der Waals surface area contributed by atoms with Crippen LogP contribution in [0.5, 0.6) is 0 Å². The molecular formula is C7H10FN3OS. The molecule has 0 atom stereocenters. The zero-order valence-electron chi connectivity index (χ0n) is 7.20. The summed E-state index contributed by atoms with van der Waals surface area (Å²) in [4.78, 5) is 1.78. The zero-order chi connectivity index (χ0) is 9.47. The van der Waals surface area contributed by atoms with Gasteiger partial charge in [-0.05, 0) is 6.92 Å². The molecule has 72 valence electrons. The number of alkyl halides is 1. The second-order valence-electron chi connectivity index (χ2n) is 3.27. The van der Waals surface area contributed by atoms with Crippen molar-refractivity contribution >= 4 is 16.5 Å². The summed E-state index contributed by atoms with van der Waals surface area (Å²) in [5.41, 5.74) is -1.43. The summed E-state index contributed by atoms with van der Waals surface area (Å²) in [7, 11) is 0. The molecule has 1 aromatic heterocycles. The van der Waals surface area contributed by atoms with Crippen molar-refractivity contribution in [3.8, 4) is 0 Å². The molecular weight excluding hydrogens is 193 g/mol. The van der Waals surface area contributed by atoms with Crippen molar-refractivity contribution in [1.82, 2.24) is 10.2 Å². The molecule has 0 aromatic carbocycles. The minimum absolute atomic E-state index is 0.220. The molecule has 1 aliphatic rings. The molecule has 0 bridgehead atoms. The molecule has 1 saturated heterocycles. The lowest BCUT2D eigenvalue weighted by Crippen LogP contribution is -2.61. The molecule has 2 rings (SSSR count). The number of aromatic nitrogens is 2. The normalized spacial score (nSPS) is 20.1. The van der Waals surface area contributed by atoms with Crippen LogP contribution in [-0.2, 0) is 0 Å². The van der Waals surface area contributed by atoms with Gasteiger partial charge in [0.2, 0.25) is 5.13 Å². The largest absolute Gasteiger partial charge is 0.393 e. The van der Waals surface area contributed by atoms with Gasteiger partial charge in [-0.25, -0.2) is 4.39 Å². The number of nitrogens with zero attached hydrogens (tertiary/aromatic N) is 3. The van der Waals surface area contributed by atoms with E-state index < -0.39 is 12.3 Å². The van der Waals surface area contributed by atoms with Gasteiger partial charge in [0.15, 0.2) is 5.67 Å². The average molecular weight is 203 g/mol. The highest BCUT2D eigenvalue weighted by Crippen LogP contribution is 2.31. The Morgan fingerprint density at radius 1 is 1.62 bits per heavy atom. The van der Waals surface area contributed by atoms with Gasteiger partial charge in [0.25, 0.3) is 0 Å². The van der Waals surface area contributed by atoms with Crippen molar-refractivity contribution in [2.24, 2.45) is 0 Å². The molecule has 4 nitrogen and oxygen atoms in total. The summed E-state index contributed by atoms with van der Waals surface area (Å²) < 4.78 is 13.2. The van der Waals surface area contributed by atoms with E-state index in [1.165, 1.54) is 11.3 Å². The van der Waals surface area contributed by atoms with Crippen molar-refractivity contribution in [2.75, 3.05) is 24.6 Å². The van der Waals surface area contributed by atoms with Crippen LogP contribution in [-0.4, -0.2) is 40.7 Å². The molecule has 1 aliphatic heterocycles. The van der Waals surface area contributed by atoms with Gasteiger partial charge >= 0.3 is 0 Å². The van der Waals surface area contributed by atoms with Crippen molar-refractivity contribution in [1.29, 1.82) is 0 Å². The van der Waals surface area contributed by atoms with Gasteiger partial charge in [0.1, 0.15) is 5.01 Å². The van der Waals surface area contributed by atoms with Gasteiger partial charge < -0.3 is 10.0 Å². The number of anilines is 1. The SMILES string of the molecule is Cc1nnc(N2CC(F)(CO)C2)s1. The Balaban J connectivity index is 2.01. The van der Waals surface area contributed by atoms with Crippen molar-refractivity contribution in [3.05, 3.63) is 5.01 Å². The Hall–Kier alpha value is -0.750. The number of hydrogen-bond acceptors (Lipinski definition) is 5. The first kappa shape index (κ1) is 8.83. The smallest absolute Gasteiger partial charge is 0.208 e. The molecule has 0 unspecified atom stereocenters. The number of halogens is 1. The number of aliphatic hydroxyl groups is 1. The van der Waals surface area contributed by atoms with Gasteiger partial charge in [-0.2, -0.15) is 0 Å². The topological polar surface area (TPSA) is 49.2 Å². The third-order valence-electron chi connectivity index (χ3n) is 2.02. The fraction of sp³-hybridized carbons (Fsp3) is 0.714. The monoisotopic (exact) mass is 203 g/mol. The molecule has 0 amide bonds. The number of rotatable bonds is 2. The molecule has 0 spiro atoms. The highest BCUT2D eigenvalue weighted by Gasteiger charge is 2.44. The maximum absolute atomic E-state index is 13.2. The number of aliphatic hydroxyl groups excluding tert-OH is 1. The summed E-state index contributed by atoms with van der Waals surface area (Å²) in [5.74, 6) is 0. The standard InChI is InChI=1S/C7H10FN3OS/c1-5-9-10-6(13-5)11-2-7(8,3-11)4-12/h12H,2-4H2,1H3. The quantitative estimate of drug-likeness (QED) is 0.754. The number of aryl methyl sites for hydroxylation is 1.